The molecule has 14 heavy (non-hydrogen) atoms. The number of halogens is 1. The number of hydrogen-bond donors (Lipinski definition) is 0. The van der Waals surface area contributed by atoms with Gasteiger partial charge in [0.05, 0.1) is 6.10 Å². The van der Waals surface area contributed by atoms with E-state index in [0.29, 0.717) is 6.10 Å². The fourth-order valence-corrected chi connectivity index (χ4v) is 4.43. The van der Waals surface area contributed by atoms with Gasteiger partial charge in [-0.3, -0.25) is 0 Å². The lowest BCUT2D eigenvalue weighted by Crippen LogP contribution is -2.30. The molecule has 2 aliphatic carbocycles. The van der Waals surface area contributed by atoms with E-state index in [4.69, 9.17) is 15.5 Å². The van der Waals surface area contributed by atoms with Gasteiger partial charge in [-0.25, -0.2) is 0 Å². The van der Waals surface area contributed by atoms with Crippen LogP contribution in [0.25, 0.3) is 0 Å². The van der Waals surface area contributed by atoms with Crippen molar-refractivity contribution in [3.63, 3.8) is 0 Å². The fraction of sp³-hybridized carbons (Fsp3) is 1.00. The minimum Gasteiger partial charge on any atom is -0.405 e. The molecule has 0 aromatic carbocycles. The van der Waals surface area contributed by atoms with Gasteiger partial charge in [0.1, 0.15) is 0 Å². The Morgan fingerprint density at radius 3 is 1.71 bits per heavy atom. The molecular weight excluding hydrogens is 212 g/mol. The van der Waals surface area contributed by atoms with Crippen molar-refractivity contribution in [3.05, 3.63) is 0 Å². The summed E-state index contributed by atoms with van der Waals surface area (Å²) in [5.74, 6) is 1.70. The number of hydrogen-bond acceptors (Lipinski definition) is 1. The molecule has 0 atom stereocenters. The summed E-state index contributed by atoms with van der Waals surface area (Å²) in [5.41, 5.74) is 0. The molecule has 0 unspecified atom stereocenters. The lowest BCUT2D eigenvalue weighted by Gasteiger charge is -2.28. The van der Waals surface area contributed by atoms with Crippen LogP contribution in [0, 0.1) is 11.8 Å². The highest BCUT2D eigenvalue weighted by molar-refractivity contribution is 6.90. The first-order valence-electron chi connectivity index (χ1n) is 6.09. The lowest BCUT2D eigenvalue weighted by molar-refractivity contribution is 0.0866. The second-order valence-corrected chi connectivity index (χ2v) is 6.04. The predicted octanol–water partition coefficient (Wildman–Crippen LogP) is 2.99. The molecule has 0 spiro atoms. The van der Waals surface area contributed by atoms with E-state index in [9.17, 15) is 0 Å². The molecule has 3 heteroatoms. The van der Waals surface area contributed by atoms with Gasteiger partial charge in [0, 0.05) is 0 Å². The highest BCUT2D eigenvalue weighted by atomic mass is 35.6. The minimum atomic E-state index is -0.729. The standard InChI is InChI=1S/C11H21ClOSi/c12-14-13-11(9-5-1-2-6-9)10-7-3-4-8-10/h9-11H,1-8,14H2. The van der Waals surface area contributed by atoms with Crippen LogP contribution in [-0.2, 0) is 4.43 Å². The molecule has 0 saturated heterocycles. The second kappa shape index (κ2) is 5.52. The van der Waals surface area contributed by atoms with Gasteiger partial charge in [0.15, 0.2) is 0 Å². The van der Waals surface area contributed by atoms with Crippen LogP contribution in [0.5, 0.6) is 0 Å². The SMILES string of the molecule is Cl[SiH2]OC(C1CCCC1)C1CCCC1. The van der Waals surface area contributed by atoms with Crippen LogP contribution >= 0.6 is 11.1 Å². The van der Waals surface area contributed by atoms with Gasteiger partial charge in [-0.05, 0) is 37.5 Å². The van der Waals surface area contributed by atoms with Gasteiger partial charge in [-0.1, -0.05) is 25.7 Å². The first-order valence-corrected chi connectivity index (χ1v) is 8.81. The average Bonchev–Trinajstić information content (AvgIpc) is 2.87. The van der Waals surface area contributed by atoms with Crippen LogP contribution in [0.1, 0.15) is 51.4 Å². The van der Waals surface area contributed by atoms with Crippen LogP contribution in [0.3, 0.4) is 0 Å². The molecule has 82 valence electrons. The molecule has 0 amide bonds. The maximum absolute atomic E-state index is 5.91. The fourth-order valence-electron chi connectivity index (χ4n) is 3.30. The molecule has 0 aromatic rings. The highest BCUT2D eigenvalue weighted by Gasteiger charge is 2.33. The van der Waals surface area contributed by atoms with E-state index in [1.165, 1.54) is 51.4 Å². The molecule has 0 aromatic heterocycles. The molecule has 0 radical (unpaired) electrons. The Kier molecular flexibility index (Phi) is 4.33. The summed E-state index contributed by atoms with van der Waals surface area (Å²) < 4.78 is 5.91. The lowest BCUT2D eigenvalue weighted by atomic mass is 9.89. The summed E-state index contributed by atoms with van der Waals surface area (Å²) in [7, 11) is -0.729. The molecule has 2 fully saturated rings. The van der Waals surface area contributed by atoms with Crippen LogP contribution in [-0.4, -0.2) is 15.2 Å². The molecule has 0 heterocycles. The van der Waals surface area contributed by atoms with Gasteiger partial charge >= 0.3 is 0 Å². The van der Waals surface area contributed by atoms with Gasteiger partial charge < -0.3 is 4.43 Å². The van der Waals surface area contributed by atoms with Crippen LogP contribution in [0.15, 0.2) is 0 Å². The van der Waals surface area contributed by atoms with E-state index >= 15 is 0 Å². The Morgan fingerprint density at radius 2 is 1.36 bits per heavy atom. The highest BCUT2D eigenvalue weighted by Crippen LogP contribution is 2.38. The van der Waals surface area contributed by atoms with Crippen LogP contribution in [0.2, 0.25) is 0 Å². The molecular formula is C11H21ClOSi. The van der Waals surface area contributed by atoms with Crippen molar-refractivity contribution in [1.82, 2.24) is 0 Å². The van der Waals surface area contributed by atoms with E-state index in [2.05, 4.69) is 0 Å². The normalized spacial score (nSPS) is 26.1. The Morgan fingerprint density at radius 1 is 0.929 bits per heavy atom. The second-order valence-electron chi connectivity index (χ2n) is 4.83. The smallest absolute Gasteiger partial charge is 0.258 e. The molecule has 2 saturated carbocycles. The van der Waals surface area contributed by atoms with Crippen molar-refractivity contribution in [1.29, 1.82) is 0 Å². The quantitative estimate of drug-likeness (QED) is 0.535. The monoisotopic (exact) mass is 232 g/mol. The zero-order valence-electron chi connectivity index (χ0n) is 8.88. The third-order valence-electron chi connectivity index (χ3n) is 3.98. The molecule has 0 aliphatic heterocycles. The maximum atomic E-state index is 5.91. The predicted molar refractivity (Wildman–Crippen MR) is 63.2 cm³/mol. The van der Waals surface area contributed by atoms with Crippen molar-refractivity contribution in [2.24, 2.45) is 11.8 Å². The van der Waals surface area contributed by atoms with E-state index in [0.717, 1.165) is 11.8 Å². The zero-order chi connectivity index (χ0) is 9.80. The van der Waals surface area contributed by atoms with Crippen molar-refractivity contribution < 1.29 is 4.43 Å². The summed E-state index contributed by atoms with van der Waals surface area (Å²) >= 11 is 5.87. The van der Waals surface area contributed by atoms with Crippen molar-refractivity contribution >= 4 is 20.2 Å². The minimum absolute atomic E-state index is 0.546. The third-order valence-corrected chi connectivity index (χ3v) is 4.87. The summed E-state index contributed by atoms with van der Waals surface area (Å²) in [4.78, 5) is 0. The summed E-state index contributed by atoms with van der Waals surface area (Å²) in [5, 5.41) is 0. The van der Waals surface area contributed by atoms with E-state index in [1.807, 2.05) is 0 Å². The summed E-state index contributed by atoms with van der Waals surface area (Å²) in [6, 6.07) is 0. The zero-order valence-corrected chi connectivity index (χ0v) is 11.1. The molecule has 1 nitrogen and oxygen atoms in total. The topological polar surface area (TPSA) is 9.23 Å². The van der Waals surface area contributed by atoms with Gasteiger partial charge in [0.25, 0.3) is 9.07 Å². The van der Waals surface area contributed by atoms with E-state index in [-0.39, 0.29) is 0 Å². The Hall–Kier alpha value is 0.467. The number of rotatable bonds is 4. The molecule has 2 aliphatic rings. The first kappa shape index (κ1) is 11.0. The van der Waals surface area contributed by atoms with Crippen molar-refractivity contribution in [2.75, 3.05) is 0 Å². The average molecular weight is 233 g/mol. The maximum Gasteiger partial charge on any atom is 0.258 e. The third kappa shape index (κ3) is 2.53. The van der Waals surface area contributed by atoms with Gasteiger partial charge in [-0.15, -0.1) is 11.1 Å². The van der Waals surface area contributed by atoms with Gasteiger partial charge in [-0.2, -0.15) is 0 Å². The van der Waals surface area contributed by atoms with E-state index < -0.39 is 9.07 Å². The van der Waals surface area contributed by atoms with Crippen LogP contribution < -0.4 is 0 Å². The molecule has 0 bridgehead atoms. The first-order chi connectivity index (χ1) is 6.92. The Bertz CT molecular complexity index is 149. The van der Waals surface area contributed by atoms with Gasteiger partial charge in [0.2, 0.25) is 0 Å². The van der Waals surface area contributed by atoms with Crippen molar-refractivity contribution in [2.45, 2.75) is 57.5 Å². The Balaban J connectivity index is 1.91. The Labute approximate surface area is 94.2 Å². The summed E-state index contributed by atoms with van der Waals surface area (Å²) in [6.07, 6.45) is 11.8. The largest absolute Gasteiger partial charge is 0.405 e. The molecule has 0 N–H and O–H groups in total. The van der Waals surface area contributed by atoms with Crippen molar-refractivity contribution in [3.8, 4) is 0 Å². The summed E-state index contributed by atoms with van der Waals surface area (Å²) in [6.45, 7) is 0. The van der Waals surface area contributed by atoms with E-state index in [1.54, 1.807) is 0 Å². The van der Waals surface area contributed by atoms with Crippen LogP contribution in [0.4, 0.5) is 0 Å². The molecule has 2 rings (SSSR count).